The fraction of sp³-hybridized carbons (Fsp3) is 0.250. The lowest BCUT2D eigenvalue weighted by Crippen LogP contribution is -2.10. The Kier molecular flexibility index (Phi) is 4.13. The summed E-state index contributed by atoms with van der Waals surface area (Å²) in [7, 11) is 1.40. The highest BCUT2D eigenvalue weighted by Gasteiger charge is 2.16. The SMILES string of the molecule is COc1cccc(CC(=O)c2ncc(C)cc2C)c1F. The van der Waals surface area contributed by atoms with E-state index in [1.807, 2.05) is 19.9 Å². The van der Waals surface area contributed by atoms with Crippen LogP contribution in [0.2, 0.25) is 0 Å². The van der Waals surface area contributed by atoms with Gasteiger partial charge in [0.15, 0.2) is 17.3 Å². The zero-order chi connectivity index (χ0) is 14.7. The number of ether oxygens (including phenoxy) is 1. The third-order valence-electron chi connectivity index (χ3n) is 3.09. The summed E-state index contributed by atoms with van der Waals surface area (Å²) in [5.74, 6) is -0.549. The summed E-state index contributed by atoms with van der Waals surface area (Å²) >= 11 is 0. The first-order chi connectivity index (χ1) is 9.52. The topological polar surface area (TPSA) is 39.2 Å². The molecule has 2 aromatic rings. The van der Waals surface area contributed by atoms with Crippen LogP contribution in [0.3, 0.4) is 0 Å². The zero-order valence-electron chi connectivity index (χ0n) is 11.7. The molecular weight excluding hydrogens is 257 g/mol. The van der Waals surface area contributed by atoms with Crippen LogP contribution in [0.1, 0.15) is 27.2 Å². The van der Waals surface area contributed by atoms with E-state index in [0.717, 1.165) is 11.1 Å². The number of halogens is 1. The molecule has 0 atom stereocenters. The Morgan fingerprint density at radius 2 is 2.10 bits per heavy atom. The molecule has 3 nitrogen and oxygen atoms in total. The molecule has 0 bridgehead atoms. The van der Waals surface area contributed by atoms with E-state index in [4.69, 9.17) is 4.74 Å². The van der Waals surface area contributed by atoms with Crippen molar-refractivity contribution < 1.29 is 13.9 Å². The highest BCUT2D eigenvalue weighted by molar-refractivity contribution is 5.97. The van der Waals surface area contributed by atoms with Gasteiger partial charge in [-0.2, -0.15) is 0 Å². The molecule has 4 heteroatoms. The van der Waals surface area contributed by atoms with Gasteiger partial charge in [0.2, 0.25) is 0 Å². The van der Waals surface area contributed by atoms with E-state index in [0.29, 0.717) is 11.3 Å². The molecule has 0 aliphatic heterocycles. The number of pyridine rings is 1. The molecular formula is C16H16FNO2. The molecule has 0 aliphatic rings. The molecule has 0 aliphatic carbocycles. The minimum Gasteiger partial charge on any atom is -0.494 e. The molecule has 0 fully saturated rings. The van der Waals surface area contributed by atoms with E-state index >= 15 is 0 Å². The highest BCUT2D eigenvalue weighted by Crippen LogP contribution is 2.21. The Bertz CT molecular complexity index is 653. The molecule has 0 saturated heterocycles. The number of methoxy groups -OCH3 is 1. The van der Waals surface area contributed by atoms with E-state index in [9.17, 15) is 9.18 Å². The van der Waals surface area contributed by atoms with Gasteiger partial charge in [0.05, 0.1) is 7.11 Å². The van der Waals surface area contributed by atoms with Crippen molar-refractivity contribution in [2.45, 2.75) is 20.3 Å². The van der Waals surface area contributed by atoms with Gasteiger partial charge in [-0.1, -0.05) is 18.2 Å². The molecule has 0 saturated carbocycles. The first-order valence-corrected chi connectivity index (χ1v) is 6.30. The van der Waals surface area contributed by atoms with E-state index in [2.05, 4.69) is 4.98 Å². The molecule has 1 aromatic carbocycles. The van der Waals surface area contributed by atoms with Gasteiger partial charge in [-0.25, -0.2) is 4.39 Å². The monoisotopic (exact) mass is 273 g/mol. The van der Waals surface area contributed by atoms with Crippen molar-refractivity contribution in [3.05, 3.63) is 58.7 Å². The number of hydrogen-bond acceptors (Lipinski definition) is 3. The molecule has 0 N–H and O–H groups in total. The Balaban J connectivity index is 2.28. The smallest absolute Gasteiger partial charge is 0.185 e. The maximum atomic E-state index is 14.0. The zero-order valence-corrected chi connectivity index (χ0v) is 11.7. The first-order valence-electron chi connectivity index (χ1n) is 6.30. The van der Waals surface area contributed by atoms with Gasteiger partial charge in [0.25, 0.3) is 0 Å². The quantitative estimate of drug-likeness (QED) is 0.802. The second-order valence-corrected chi connectivity index (χ2v) is 4.71. The van der Waals surface area contributed by atoms with Crippen LogP contribution in [-0.4, -0.2) is 17.9 Å². The van der Waals surface area contributed by atoms with Gasteiger partial charge in [0.1, 0.15) is 5.69 Å². The van der Waals surface area contributed by atoms with Crippen LogP contribution in [0.25, 0.3) is 0 Å². The van der Waals surface area contributed by atoms with Gasteiger partial charge < -0.3 is 4.74 Å². The minimum absolute atomic E-state index is 0.0278. The van der Waals surface area contributed by atoms with Crippen LogP contribution in [0, 0.1) is 19.7 Å². The van der Waals surface area contributed by atoms with Crippen molar-refractivity contribution in [1.82, 2.24) is 4.98 Å². The maximum Gasteiger partial charge on any atom is 0.185 e. The largest absolute Gasteiger partial charge is 0.494 e. The normalized spacial score (nSPS) is 10.4. The molecule has 0 unspecified atom stereocenters. The molecule has 104 valence electrons. The third-order valence-corrected chi connectivity index (χ3v) is 3.09. The number of hydrogen-bond donors (Lipinski definition) is 0. The number of ketones is 1. The van der Waals surface area contributed by atoms with Crippen LogP contribution >= 0.6 is 0 Å². The average molecular weight is 273 g/mol. The molecule has 0 spiro atoms. The van der Waals surface area contributed by atoms with Gasteiger partial charge in [-0.3, -0.25) is 9.78 Å². The molecule has 2 rings (SSSR count). The number of Topliss-reactive ketones (excluding diaryl/α,β-unsaturated/α-hetero) is 1. The standard InChI is InChI=1S/C16H16FNO2/c1-10-7-11(2)16(18-9-10)13(19)8-12-5-4-6-14(20-3)15(12)17/h4-7,9H,8H2,1-3H3. The van der Waals surface area contributed by atoms with Crippen molar-refractivity contribution in [3.63, 3.8) is 0 Å². The number of rotatable bonds is 4. The Morgan fingerprint density at radius 3 is 2.75 bits per heavy atom. The van der Waals surface area contributed by atoms with E-state index in [1.54, 1.807) is 18.3 Å². The molecule has 1 heterocycles. The van der Waals surface area contributed by atoms with Crippen molar-refractivity contribution in [1.29, 1.82) is 0 Å². The summed E-state index contributed by atoms with van der Waals surface area (Å²) in [6.07, 6.45) is 1.61. The third kappa shape index (κ3) is 2.85. The number of carbonyl (C=O) groups is 1. The second-order valence-electron chi connectivity index (χ2n) is 4.71. The second kappa shape index (κ2) is 5.82. The number of aryl methyl sites for hydroxylation is 2. The number of carbonyl (C=O) groups excluding carboxylic acids is 1. The minimum atomic E-state index is -0.492. The van der Waals surface area contributed by atoms with Crippen molar-refractivity contribution in [2.24, 2.45) is 0 Å². The Morgan fingerprint density at radius 1 is 1.35 bits per heavy atom. The van der Waals surface area contributed by atoms with Crippen LogP contribution in [0.15, 0.2) is 30.5 Å². The fourth-order valence-corrected chi connectivity index (χ4v) is 2.11. The predicted molar refractivity (Wildman–Crippen MR) is 74.7 cm³/mol. The summed E-state index contributed by atoms with van der Waals surface area (Å²) in [6.45, 7) is 3.74. The summed E-state index contributed by atoms with van der Waals surface area (Å²) < 4.78 is 18.9. The Labute approximate surface area is 117 Å². The average Bonchev–Trinajstić information content (AvgIpc) is 2.41. The van der Waals surface area contributed by atoms with Crippen LogP contribution in [0.5, 0.6) is 5.75 Å². The lowest BCUT2D eigenvalue weighted by Gasteiger charge is -2.08. The molecule has 1 aromatic heterocycles. The number of benzene rings is 1. The number of aromatic nitrogens is 1. The molecule has 0 radical (unpaired) electrons. The predicted octanol–water partition coefficient (Wildman–Crippen LogP) is 3.27. The van der Waals surface area contributed by atoms with Gasteiger partial charge in [0, 0.05) is 12.6 Å². The maximum absolute atomic E-state index is 14.0. The fourth-order valence-electron chi connectivity index (χ4n) is 2.11. The summed E-state index contributed by atoms with van der Waals surface area (Å²) in [6, 6.07) is 6.67. The van der Waals surface area contributed by atoms with Crippen LogP contribution in [0.4, 0.5) is 4.39 Å². The van der Waals surface area contributed by atoms with E-state index in [1.165, 1.54) is 13.2 Å². The van der Waals surface area contributed by atoms with Crippen molar-refractivity contribution in [2.75, 3.05) is 7.11 Å². The number of nitrogens with zero attached hydrogens (tertiary/aromatic N) is 1. The lowest BCUT2D eigenvalue weighted by molar-refractivity contribution is 0.0986. The Hall–Kier alpha value is -2.23. The summed E-state index contributed by atoms with van der Waals surface area (Å²) in [4.78, 5) is 16.4. The summed E-state index contributed by atoms with van der Waals surface area (Å²) in [5.41, 5.74) is 2.50. The summed E-state index contributed by atoms with van der Waals surface area (Å²) in [5, 5.41) is 0. The van der Waals surface area contributed by atoms with Crippen molar-refractivity contribution >= 4 is 5.78 Å². The van der Waals surface area contributed by atoms with Gasteiger partial charge >= 0.3 is 0 Å². The lowest BCUT2D eigenvalue weighted by atomic mass is 10.0. The van der Waals surface area contributed by atoms with E-state index in [-0.39, 0.29) is 18.0 Å². The first kappa shape index (κ1) is 14.2. The van der Waals surface area contributed by atoms with Crippen molar-refractivity contribution in [3.8, 4) is 5.75 Å². The molecule has 20 heavy (non-hydrogen) atoms. The highest BCUT2D eigenvalue weighted by atomic mass is 19.1. The van der Waals surface area contributed by atoms with E-state index < -0.39 is 5.82 Å². The molecule has 0 amide bonds. The van der Waals surface area contributed by atoms with Gasteiger partial charge in [-0.15, -0.1) is 0 Å². The van der Waals surface area contributed by atoms with Crippen LogP contribution < -0.4 is 4.74 Å². The van der Waals surface area contributed by atoms with Gasteiger partial charge in [-0.05, 0) is 36.6 Å². The van der Waals surface area contributed by atoms with Crippen LogP contribution in [-0.2, 0) is 6.42 Å².